The number of hydrogen-bond acceptors (Lipinski definition) is 4. The van der Waals surface area contributed by atoms with Crippen molar-refractivity contribution in [1.29, 1.82) is 0 Å². The van der Waals surface area contributed by atoms with E-state index in [1.165, 1.54) is 11.3 Å². The predicted octanol–water partition coefficient (Wildman–Crippen LogP) is 2.25. The number of aromatic nitrogens is 3. The summed E-state index contributed by atoms with van der Waals surface area (Å²) < 4.78 is 1.59. The molecule has 80 valence electrons. The Morgan fingerprint density at radius 2 is 2.33 bits per heavy atom. The Morgan fingerprint density at radius 1 is 1.60 bits per heavy atom. The highest BCUT2D eigenvalue weighted by Gasteiger charge is 2.20. The predicted molar refractivity (Wildman–Crippen MR) is 60.0 cm³/mol. The summed E-state index contributed by atoms with van der Waals surface area (Å²) in [5.41, 5.74) is 1.24. The smallest absolute Gasteiger partial charge is 0.145 e. The van der Waals surface area contributed by atoms with E-state index in [1.807, 2.05) is 5.38 Å². The molecule has 2 rings (SSSR count). The lowest BCUT2D eigenvalue weighted by molar-refractivity contribution is 0.189. The Kier molecular flexibility index (Phi) is 2.77. The zero-order valence-electron chi connectivity index (χ0n) is 8.31. The van der Waals surface area contributed by atoms with Crippen LogP contribution in [0.1, 0.15) is 18.7 Å². The third-order valence-corrected chi connectivity index (χ3v) is 3.21. The largest absolute Gasteiger partial charge is 0.387 e. The first kappa shape index (κ1) is 10.6. The lowest BCUT2D eigenvalue weighted by Gasteiger charge is -2.04. The average Bonchev–Trinajstić information content (AvgIpc) is 2.72. The van der Waals surface area contributed by atoms with Gasteiger partial charge in [-0.3, -0.25) is 4.68 Å². The topological polar surface area (TPSA) is 50.9 Å². The Morgan fingerprint density at radius 3 is 2.80 bits per heavy atom. The van der Waals surface area contributed by atoms with E-state index in [-0.39, 0.29) is 0 Å². The molecule has 0 fully saturated rings. The number of aliphatic hydroxyl groups is 1. The van der Waals surface area contributed by atoms with Crippen LogP contribution in [-0.4, -0.2) is 19.9 Å². The molecule has 2 aromatic rings. The Labute approximate surface area is 96.1 Å². The molecule has 0 spiro atoms. The van der Waals surface area contributed by atoms with E-state index < -0.39 is 6.10 Å². The number of halogens is 1. The van der Waals surface area contributed by atoms with Crippen LogP contribution in [0, 0.1) is 0 Å². The molecule has 0 saturated carbocycles. The van der Waals surface area contributed by atoms with Crippen LogP contribution in [0.25, 0.3) is 10.7 Å². The zero-order valence-corrected chi connectivity index (χ0v) is 9.88. The summed E-state index contributed by atoms with van der Waals surface area (Å²) >= 11 is 7.61. The lowest BCUT2D eigenvalue weighted by atomic mass is 10.2. The molecule has 1 unspecified atom stereocenters. The van der Waals surface area contributed by atoms with Crippen molar-refractivity contribution < 1.29 is 5.11 Å². The second-order valence-electron chi connectivity index (χ2n) is 3.18. The van der Waals surface area contributed by atoms with Gasteiger partial charge in [-0.15, -0.1) is 11.3 Å². The van der Waals surface area contributed by atoms with E-state index >= 15 is 0 Å². The number of hydrogen-bond donors (Lipinski definition) is 1. The molecule has 4 nitrogen and oxygen atoms in total. The maximum Gasteiger partial charge on any atom is 0.145 e. The van der Waals surface area contributed by atoms with Crippen LogP contribution in [0.5, 0.6) is 0 Å². The maximum atomic E-state index is 9.53. The fourth-order valence-corrected chi connectivity index (χ4v) is 2.53. The summed E-state index contributed by atoms with van der Waals surface area (Å²) in [6.07, 6.45) is 1.07. The summed E-state index contributed by atoms with van der Waals surface area (Å²) in [6.45, 7) is 1.66. The summed E-state index contributed by atoms with van der Waals surface area (Å²) in [5.74, 6) is 0. The molecule has 1 atom stereocenters. The molecule has 6 heteroatoms. The van der Waals surface area contributed by atoms with Crippen LogP contribution in [0.3, 0.4) is 0 Å². The van der Waals surface area contributed by atoms with E-state index in [2.05, 4.69) is 10.1 Å². The lowest BCUT2D eigenvalue weighted by Crippen LogP contribution is -2.01. The van der Waals surface area contributed by atoms with E-state index in [1.54, 1.807) is 24.9 Å². The minimum absolute atomic E-state index is 0.474. The Bertz CT molecular complexity index is 464. The van der Waals surface area contributed by atoms with Crippen LogP contribution in [0.2, 0.25) is 5.02 Å². The molecule has 2 heterocycles. The van der Waals surface area contributed by atoms with Crippen molar-refractivity contribution in [3.05, 3.63) is 22.3 Å². The molecule has 0 radical (unpaired) electrons. The van der Waals surface area contributed by atoms with Crippen molar-refractivity contribution in [2.75, 3.05) is 0 Å². The van der Waals surface area contributed by atoms with Crippen LogP contribution in [-0.2, 0) is 7.05 Å². The number of nitrogens with zero attached hydrogens (tertiary/aromatic N) is 3. The highest BCUT2D eigenvalue weighted by molar-refractivity contribution is 7.13. The van der Waals surface area contributed by atoms with Gasteiger partial charge in [0.2, 0.25) is 0 Å². The van der Waals surface area contributed by atoms with Gasteiger partial charge in [0.1, 0.15) is 10.7 Å². The molecular formula is C9H10ClN3OS. The molecular weight excluding hydrogens is 234 g/mol. The molecule has 0 saturated heterocycles. The maximum absolute atomic E-state index is 9.53. The first-order chi connectivity index (χ1) is 7.11. The van der Waals surface area contributed by atoms with Gasteiger partial charge in [-0.05, 0) is 6.92 Å². The quantitative estimate of drug-likeness (QED) is 0.880. The van der Waals surface area contributed by atoms with Gasteiger partial charge in [-0.25, -0.2) is 4.98 Å². The highest BCUT2D eigenvalue weighted by Crippen LogP contribution is 2.33. The van der Waals surface area contributed by atoms with Gasteiger partial charge >= 0.3 is 0 Å². The Balaban J connectivity index is 2.56. The van der Waals surface area contributed by atoms with Crippen molar-refractivity contribution in [1.82, 2.24) is 14.8 Å². The third-order valence-electron chi connectivity index (χ3n) is 2.06. The summed E-state index contributed by atoms with van der Waals surface area (Å²) in [6, 6.07) is 0. The molecule has 0 aromatic carbocycles. The standard InChI is InChI=1S/C9H10ClN3OS/c1-5(14)8-6(10)7(12-13(8)2)9-11-3-4-15-9/h3-5,14H,1-2H3. The minimum atomic E-state index is -0.635. The van der Waals surface area contributed by atoms with Gasteiger partial charge in [-0.2, -0.15) is 5.10 Å². The second kappa shape index (κ2) is 3.92. The SMILES string of the molecule is CC(O)c1c(Cl)c(-c2nccs2)nn1C. The molecule has 0 amide bonds. The number of thiazole rings is 1. The first-order valence-electron chi connectivity index (χ1n) is 4.41. The van der Waals surface area contributed by atoms with E-state index in [4.69, 9.17) is 11.6 Å². The van der Waals surface area contributed by atoms with E-state index in [0.717, 1.165) is 5.01 Å². The van der Waals surface area contributed by atoms with Gasteiger partial charge in [0.15, 0.2) is 0 Å². The zero-order chi connectivity index (χ0) is 11.0. The fraction of sp³-hybridized carbons (Fsp3) is 0.333. The number of rotatable bonds is 2. The van der Waals surface area contributed by atoms with Gasteiger partial charge in [-0.1, -0.05) is 11.6 Å². The summed E-state index contributed by atoms with van der Waals surface area (Å²) in [4.78, 5) is 4.14. The average molecular weight is 244 g/mol. The molecule has 15 heavy (non-hydrogen) atoms. The van der Waals surface area contributed by atoms with Crippen molar-refractivity contribution >= 4 is 22.9 Å². The monoisotopic (exact) mass is 243 g/mol. The highest BCUT2D eigenvalue weighted by atomic mass is 35.5. The summed E-state index contributed by atoms with van der Waals surface area (Å²) in [7, 11) is 1.76. The van der Waals surface area contributed by atoms with Crippen LogP contribution >= 0.6 is 22.9 Å². The van der Waals surface area contributed by atoms with Crippen molar-refractivity contribution in [2.45, 2.75) is 13.0 Å². The molecule has 2 aromatic heterocycles. The summed E-state index contributed by atoms with van der Waals surface area (Å²) in [5, 5.41) is 16.9. The molecule has 1 N–H and O–H groups in total. The van der Waals surface area contributed by atoms with Gasteiger partial charge in [0.05, 0.1) is 16.8 Å². The van der Waals surface area contributed by atoms with Crippen LogP contribution in [0.4, 0.5) is 0 Å². The van der Waals surface area contributed by atoms with Crippen molar-refractivity contribution in [3.63, 3.8) is 0 Å². The normalized spacial score (nSPS) is 13.1. The van der Waals surface area contributed by atoms with Crippen LogP contribution in [0.15, 0.2) is 11.6 Å². The Hall–Kier alpha value is -0.910. The van der Waals surface area contributed by atoms with Gasteiger partial charge in [0, 0.05) is 18.6 Å². The van der Waals surface area contributed by atoms with Gasteiger partial charge < -0.3 is 5.11 Å². The molecule has 0 aliphatic carbocycles. The van der Waals surface area contributed by atoms with E-state index in [0.29, 0.717) is 16.4 Å². The van der Waals surface area contributed by atoms with Crippen molar-refractivity contribution in [3.8, 4) is 10.7 Å². The van der Waals surface area contributed by atoms with Gasteiger partial charge in [0.25, 0.3) is 0 Å². The van der Waals surface area contributed by atoms with Crippen molar-refractivity contribution in [2.24, 2.45) is 7.05 Å². The molecule has 0 aliphatic rings. The third kappa shape index (κ3) is 1.78. The van der Waals surface area contributed by atoms with Crippen LogP contribution < -0.4 is 0 Å². The first-order valence-corrected chi connectivity index (χ1v) is 5.67. The molecule has 0 aliphatic heterocycles. The molecule has 0 bridgehead atoms. The second-order valence-corrected chi connectivity index (χ2v) is 4.46. The number of aliphatic hydroxyl groups excluding tert-OH is 1. The fourth-order valence-electron chi connectivity index (χ4n) is 1.44. The minimum Gasteiger partial charge on any atom is -0.387 e. The number of aryl methyl sites for hydroxylation is 1. The van der Waals surface area contributed by atoms with E-state index in [9.17, 15) is 5.11 Å².